The summed E-state index contributed by atoms with van der Waals surface area (Å²) in [6.07, 6.45) is -5.41. The van der Waals surface area contributed by atoms with Crippen molar-refractivity contribution in [2.45, 2.75) is 17.2 Å². The fraction of sp³-hybridized carbons (Fsp3) is 0.143. The Morgan fingerprint density at radius 1 is 1.00 bits per heavy atom. The lowest BCUT2D eigenvalue weighted by Crippen LogP contribution is -2.39. The second-order valence-corrected chi connectivity index (χ2v) is 7.70. The van der Waals surface area contributed by atoms with Crippen molar-refractivity contribution in [1.82, 2.24) is 0 Å². The van der Waals surface area contributed by atoms with E-state index in [0.717, 1.165) is 11.6 Å². The highest BCUT2D eigenvalue weighted by Crippen LogP contribution is 2.32. The lowest BCUT2D eigenvalue weighted by atomic mass is 10.1. The third-order valence-electron chi connectivity index (χ3n) is 4.27. The molecule has 1 N–H and O–H groups in total. The minimum atomic E-state index is -4.71. The highest BCUT2D eigenvalue weighted by Gasteiger charge is 2.42. The van der Waals surface area contributed by atoms with E-state index in [-0.39, 0.29) is 27.2 Å². The van der Waals surface area contributed by atoms with Crippen LogP contribution in [0, 0.1) is 0 Å². The van der Waals surface area contributed by atoms with Crippen LogP contribution in [0.2, 0.25) is 0 Å². The van der Waals surface area contributed by atoms with Crippen LogP contribution < -0.4 is 9.47 Å². The Kier molecular flexibility index (Phi) is 6.04. The molecule has 0 bridgehead atoms. The number of ether oxygens (including phenoxy) is 2. The van der Waals surface area contributed by atoms with Gasteiger partial charge in [-0.25, -0.2) is 0 Å². The van der Waals surface area contributed by atoms with E-state index in [4.69, 9.17) is 9.47 Å². The van der Waals surface area contributed by atoms with Crippen LogP contribution in [0.25, 0.3) is 16.8 Å². The summed E-state index contributed by atoms with van der Waals surface area (Å²) in [6.45, 7) is 2.72. The summed E-state index contributed by atoms with van der Waals surface area (Å²) < 4.78 is 83.2. The van der Waals surface area contributed by atoms with Gasteiger partial charge in [0, 0.05) is 10.8 Å². The smallest absolute Gasteiger partial charge is 0.428 e. The van der Waals surface area contributed by atoms with Crippen molar-refractivity contribution in [2.75, 3.05) is 6.61 Å². The molecule has 3 aromatic rings. The predicted octanol–water partition coefficient (Wildman–Crippen LogP) is 5.12. The average Bonchev–Trinajstić information content (AvgIpc) is 2.69. The topological polar surface area (TPSA) is 72.8 Å². The van der Waals surface area contributed by atoms with E-state index < -0.39 is 29.0 Å². The van der Waals surface area contributed by atoms with Crippen LogP contribution in [0.4, 0.5) is 13.2 Å². The third-order valence-corrected chi connectivity index (χ3v) is 5.18. The van der Waals surface area contributed by atoms with Gasteiger partial charge in [-0.1, -0.05) is 49.1 Å². The van der Waals surface area contributed by atoms with E-state index in [0.29, 0.717) is 0 Å². The van der Waals surface area contributed by atoms with Gasteiger partial charge in [-0.15, -0.1) is 0 Å². The normalized spacial score (nSPS) is 13.1. The van der Waals surface area contributed by atoms with Gasteiger partial charge in [-0.05, 0) is 29.8 Å². The molecule has 1 atom stereocenters. The third kappa shape index (κ3) is 4.92. The molecule has 9 heteroatoms. The van der Waals surface area contributed by atoms with Gasteiger partial charge >= 0.3 is 6.18 Å². The monoisotopic (exact) mass is 438 g/mol. The summed E-state index contributed by atoms with van der Waals surface area (Å²) in [4.78, 5) is -0.364. The van der Waals surface area contributed by atoms with Crippen LogP contribution in [0.15, 0.2) is 72.1 Å². The number of alkyl halides is 3. The summed E-state index contributed by atoms with van der Waals surface area (Å²) in [6, 6.07) is 14.2. The number of hydrogen-bond donors (Lipinski definition) is 1. The highest BCUT2D eigenvalue weighted by molar-refractivity contribution is 7.86. The van der Waals surface area contributed by atoms with Gasteiger partial charge in [0.25, 0.3) is 10.1 Å². The highest BCUT2D eigenvalue weighted by atomic mass is 32.2. The Hall–Kier alpha value is -3.04. The zero-order valence-electron chi connectivity index (χ0n) is 15.5. The minimum absolute atomic E-state index is 0.0121. The van der Waals surface area contributed by atoms with Crippen molar-refractivity contribution in [3.05, 3.63) is 72.8 Å². The van der Waals surface area contributed by atoms with Crippen molar-refractivity contribution in [3.8, 4) is 11.5 Å². The largest absolute Gasteiger partial charge is 0.489 e. The molecule has 1 unspecified atom stereocenters. The van der Waals surface area contributed by atoms with E-state index in [2.05, 4.69) is 6.58 Å². The molecule has 5 nitrogen and oxygen atoms in total. The van der Waals surface area contributed by atoms with Gasteiger partial charge in [0.15, 0.2) is 0 Å². The first-order chi connectivity index (χ1) is 14.1. The second-order valence-electron chi connectivity index (χ2n) is 6.31. The number of halogens is 3. The minimum Gasteiger partial charge on any atom is -0.489 e. The first-order valence-corrected chi connectivity index (χ1v) is 10.1. The van der Waals surface area contributed by atoms with Gasteiger partial charge in [-0.3, -0.25) is 4.55 Å². The van der Waals surface area contributed by atoms with Gasteiger partial charge in [-0.2, -0.15) is 21.6 Å². The van der Waals surface area contributed by atoms with Gasteiger partial charge < -0.3 is 9.47 Å². The first kappa shape index (κ1) is 21.7. The molecule has 30 heavy (non-hydrogen) atoms. The van der Waals surface area contributed by atoms with Crippen molar-refractivity contribution in [3.63, 3.8) is 0 Å². The van der Waals surface area contributed by atoms with E-state index in [1.54, 1.807) is 24.3 Å². The zero-order valence-corrected chi connectivity index (χ0v) is 16.3. The molecular weight excluding hydrogens is 421 g/mol. The molecule has 0 aromatic heterocycles. The summed E-state index contributed by atoms with van der Waals surface area (Å²) >= 11 is 0. The lowest BCUT2D eigenvalue weighted by molar-refractivity contribution is -0.202. The Morgan fingerprint density at radius 2 is 1.63 bits per heavy atom. The molecule has 0 spiro atoms. The van der Waals surface area contributed by atoms with Crippen LogP contribution in [0.5, 0.6) is 11.5 Å². The summed E-state index contributed by atoms with van der Waals surface area (Å²) in [7, 11) is -4.51. The van der Waals surface area contributed by atoms with Crippen LogP contribution >= 0.6 is 0 Å². The molecule has 0 radical (unpaired) electrons. The second kappa shape index (κ2) is 8.37. The van der Waals surface area contributed by atoms with Crippen molar-refractivity contribution in [1.29, 1.82) is 0 Å². The summed E-state index contributed by atoms with van der Waals surface area (Å²) in [5, 5.41) is 0.367. The first-order valence-electron chi connectivity index (χ1n) is 8.67. The Labute approximate surface area is 171 Å². The molecule has 3 rings (SSSR count). The fourth-order valence-electron chi connectivity index (χ4n) is 2.80. The predicted molar refractivity (Wildman–Crippen MR) is 106 cm³/mol. The van der Waals surface area contributed by atoms with Crippen molar-refractivity contribution >= 4 is 27.0 Å². The quantitative estimate of drug-likeness (QED) is 0.519. The maximum Gasteiger partial charge on any atom is 0.428 e. The number of rotatable bonds is 7. The van der Waals surface area contributed by atoms with Crippen LogP contribution in [0.1, 0.15) is 5.56 Å². The molecule has 0 aliphatic heterocycles. The van der Waals surface area contributed by atoms with E-state index >= 15 is 0 Å². The maximum absolute atomic E-state index is 13.5. The zero-order chi connectivity index (χ0) is 21.9. The standard InChI is InChI=1S/C21H17F3O5S/c1-2-14-7-9-15(10-8-14)29-20(21(22,23)24)13-28-18-11-12-19(30(25,26)27)17-6-4-3-5-16(17)18/h2-12,20H,1,13H2,(H,25,26,27). The van der Waals surface area contributed by atoms with Crippen molar-refractivity contribution in [2.24, 2.45) is 0 Å². The van der Waals surface area contributed by atoms with Crippen LogP contribution in [-0.2, 0) is 10.1 Å². The van der Waals surface area contributed by atoms with Crippen LogP contribution in [0.3, 0.4) is 0 Å². The van der Waals surface area contributed by atoms with Gasteiger partial charge in [0.05, 0.1) is 0 Å². The van der Waals surface area contributed by atoms with Gasteiger partial charge in [0.2, 0.25) is 6.10 Å². The SMILES string of the molecule is C=Cc1ccc(OC(COc2ccc(S(=O)(=O)O)c3ccccc23)C(F)(F)F)cc1. The molecule has 0 fully saturated rings. The molecule has 0 heterocycles. The molecule has 3 aromatic carbocycles. The van der Waals surface area contributed by atoms with E-state index in [9.17, 15) is 26.1 Å². The van der Waals surface area contributed by atoms with Gasteiger partial charge in [0.1, 0.15) is 23.0 Å². The Balaban J connectivity index is 1.87. The van der Waals surface area contributed by atoms with E-state index in [1.165, 1.54) is 36.4 Å². The maximum atomic E-state index is 13.5. The molecule has 0 saturated heterocycles. The van der Waals surface area contributed by atoms with Crippen LogP contribution in [-0.4, -0.2) is 31.9 Å². The molecular formula is C21H17F3O5S. The number of hydrogen-bond acceptors (Lipinski definition) is 4. The Bertz CT molecular complexity index is 1160. The molecule has 0 amide bonds. The Morgan fingerprint density at radius 3 is 2.20 bits per heavy atom. The lowest BCUT2D eigenvalue weighted by Gasteiger charge is -2.22. The summed E-state index contributed by atoms with van der Waals surface area (Å²) in [5.74, 6) is 0.0379. The number of benzene rings is 3. The fourth-order valence-corrected chi connectivity index (χ4v) is 3.50. The summed E-state index contributed by atoms with van der Waals surface area (Å²) in [5.41, 5.74) is 0.729. The van der Waals surface area contributed by atoms with E-state index in [1.807, 2.05) is 0 Å². The van der Waals surface area contributed by atoms with Crippen molar-refractivity contribution < 1.29 is 35.6 Å². The molecule has 158 valence electrons. The average molecular weight is 438 g/mol. The molecule has 0 aliphatic rings. The molecule has 0 aliphatic carbocycles. The number of fused-ring (bicyclic) bond motifs is 1. The molecule has 0 saturated carbocycles.